The summed E-state index contributed by atoms with van der Waals surface area (Å²) in [6.45, 7) is 4.08. The average Bonchev–Trinajstić information content (AvgIpc) is 3.50. The Hall–Kier alpha value is -3.55. The van der Waals surface area contributed by atoms with Crippen LogP contribution >= 0.6 is 0 Å². The maximum Gasteiger partial charge on any atom is 0.229 e. The maximum absolute atomic E-state index is 13.0. The normalized spacial score (nSPS) is 19.8. The van der Waals surface area contributed by atoms with Crippen molar-refractivity contribution in [2.24, 2.45) is 5.92 Å². The number of amides is 1. The molecule has 154 valence electrons. The highest BCUT2D eigenvalue weighted by Gasteiger charge is 2.60. The summed E-state index contributed by atoms with van der Waals surface area (Å²) in [5.74, 6) is 1.77. The molecule has 3 aromatic rings. The smallest absolute Gasteiger partial charge is 0.229 e. The predicted octanol–water partition coefficient (Wildman–Crippen LogP) is 2.87. The molecule has 1 amide bonds. The summed E-state index contributed by atoms with van der Waals surface area (Å²) in [6, 6.07) is 11.6. The molecule has 8 heteroatoms. The van der Waals surface area contributed by atoms with E-state index in [2.05, 4.69) is 25.3 Å². The molecule has 1 saturated carbocycles. The van der Waals surface area contributed by atoms with Gasteiger partial charge in [0.05, 0.1) is 31.5 Å². The van der Waals surface area contributed by atoms with Gasteiger partial charge in [-0.05, 0) is 25.8 Å². The Balaban J connectivity index is 1.53. The molecule has 0 spiro atoms. The van der Waals surface area contributed by atoms with Crippen molar-refractivity contribution in [1.82, 2.24) is 19.9 Å². The Labute approximate surface area is 174 Å². The van der Waals surface area contributed by atoms with Crippen molar-refractivity contribution >= 4 is 11.7 Å². The van der Waals surface area contributed by atoms with Gasteiger partial charge in [0, 0.05) is 11.5 Å². The molecule has 2 heterocycles. The molecule has 0 radical (unpaired) electrons. The molecule has 1 aromatic carbocycles. The number of aromatic nitrogens is 4. The summed E-state index contributed by atoms with van der Waals surface area (Å²) < 4.78 is 11.2. The zero-order valence-corrected chi connectivity index (χ0v) is 17.1. The van der Waals surface area contributed by atoms with Crippen molar-refractivity contribution in [2.45, 2.75) is 25.7 Å². The largest absolute Gasteiger partial charge is 0.489 e. The monoisotopic (exact) mass is 405 g/mol. The number of ether oxygens (including phenoxy) is 2. The van der Waals surface area contributed by atoms with Gasteiger partial charge < -0.3 is 14.8 Å². The third kappa shape index (κ3) is 3.94. The van der Waals surface area contributed by atoms with Crippen LogP contribution in [0.4, 0.5) is 5.82 Å². The van der Waals surface area contributed by atoms with Crippen molar-refractivity contribution in [2.75, 3.05) is 19.0 Å². The second kappa shape index (κ2) is 8.06. The number of hydrogen-bond acceptors (Lipinski definition) is 7. The molecule has 4 rings (SSSR count). The molecule has 0 saturated heterocycles. The summed E-state index contributed by atoms with van der Waals surface area (Å²) in [7, 11) is 1.52. The first-order valence-corrected chi connectivity index (χ1v) is 9.67. The highest BCUT2D eigenvalue weighted by atomic mass is 16.5. The number of methoxy groups -OCH3 is 1. The first-order valence-electron chi connectivity index (χ1n) is 9.67. The van der Waals surface area contributed by atoms with Gasteiger partial charge in [0.15, 0.2) is 5.75 Å². The molecule has 1 aliphatic carbocycles. The van der Waals surface area contributed by atoms with E-state index in [9.17, 15) is 4.79 Å². The van der Waals surface area contributed by atoms with E-state index in [0.29, 0.717) is 36.3 Å². The van der Waals surface area contributed by atoms with E-state index in [1.54, 1.807) is 12.3 Å². The van der Waals surface area contributed by atoms with Crippen molar-refractivity contribution in [3.63, 3.8) is 0 Å². The molecule has 2 aromatic heterocycles. The van der Waals surface area contributed by atoms with Crippen LogP contribution in [0.25, 0.3) is 0 Å². The van der Waals surface area contributed by atoms with E-state index < -0.39 is 5.41 Å². The van der Waals surface area contributed by atoms with Crippen LogP contribution in [0.1, 0.15) is 23.5 Å². The van der Waals surface area contributed by atoms with Crippen LogP contribution in [0.3, 0.4) is 0 Å². The lowest BCUT2D eigenvalue weighted by atomic mass is 9.93. The molecule has 8 nitrogen and oxygen atoms in total. The Morgan fingerprint density at radius 1 is 1.20 bits per heavy atom. The van der Waals surface area contributed by atoms with Crippen molar-refractivity contribution < 1.29 is 14.3 Å². The van der Waals surface area contributed by atoms with Crippen LogP contribution in [-0.4, -0.2) is 39.6 Å². The lowest BCUT2D eigenvalue weighted by Crippen LogP contribution is -2.27. The lowest BCUT2D eigenvalue weighted by molar-refractivity contribution is -0.117. The van der Waals surface area contributed by atoms with E-state index >= 15 is 0 Å². The number of carbonyl (C=O) groups is 1. The first-order chi connectivity index (χ1) is 14.5. The van der Waals surface area contributed by atoms with Gasteiger partial charge in [-0.15, -0.1) is 0 Å². The second-order valence-electron chi connectivity index (χ2n) is 7.37. The molecule has 1 aliphatic rings. The standard InChI is InChI=1S/C22H23N5O3/c1-14-18(11-23-15(2)26-14)30-12-22(16-7-5-4-6-8-16)10-17(22)21(28)27-19-9-20(29-3)25-13-24-19/h4-9,11,13,17H,10,12H2,1-3H3,(H,24,25,27,28)/t17-,22+/m0/s1. The Kier molecular flexibility index (Phi) is 5.31. The molecule has 0 aliphatic heterocycles. The molecule has 0 unspecified atom stereocenters. The minimum absolute atomic E-state index is 0.111. The quantitative estimate of drug-likeness (QED) is 0.645. The van der Waals surface area contributed by atoms with Gasteiger partial charge in [-0.2, -0.15) is 0 Å². The van der Waals surface area contributed by atoms with E-state index in [4.69, 9.17) is 9.47 Å². The Morgan fingerprint density at radius 3 is 2.73 bits per heavy atom. The fourth-order valence-corrected chi connectivity index (χ4v) is 3.63. The van der Waals surface area contributed by atoms with Gasteiger partial charge in [-0.25, -0.2) is 19.9 Å². The summed E-state index contributed by atoms with van der Waals surface area (Å²) in [4.78, 5) is 29.6. The van der Waals surface area contributed by atoms with Gasteiger partial charge in [0.2, 0.25) is 11.8 Å². The summed E-state index contributed by atoms with van der Waals surface area (Å²) in [6.07, 6.45) is 3.72. The second-order valence-corrected chi connectivity index (χ2v) is 7.37. The van der Waals surface area contributed by atoms with Crippen LogP contribution in [0, 0.1) is 19.8 Å². The lowest BCUT2D eigenvalue weighted by Gasteiger charge is -2.19. The number of benzene rings is 1. The third-order valence-electron chi connectivity index (χ3n) is 5.38. The summed E-state index contributed by atoms with van der Waals surface area (Å²) in [5.41, 5.74) is 1.43. The number of anilines is 1. The fourth-order valence-electron chi connectivity index (χ4n) is 3.63. The van der Waals surface area contributed by atoms with Gasteiger partial charge in [0.25, 0.3) is 0 Å². The Bertz CT molecular complexity index is 1060. The first kappa shape index (κ1) is 19.8. The molecule has 30 heavy (non-hydrogen) atoms. The highest BCUT2D eigenvalue weighted by molar-refractivity contribution is 5.95. The van der Waals surface area contributed by atoms with E-state index in [1.165, 1.54) is 13.4 Å². The van der Waals surface area contributed by atoms with Gasteiger partial charge >= 0.3 is 0 Å². The van der Waals surface area contributed by atoms with Gasteiger partial charge in [-0.3, -0.25) is 4.79 Å². The van der Waals surface area contributed by atoms with Crippen LogP contribution < -0.4 is 14.8 Å². The number of rotatable bonds is 7. The van der Waals surface area contributed by atoms with Gasteiger partial charge in [0.1, 0.15) is 18.0 Å². The SMILES string of the molecule is COc1cc(NC(=O)[C@@H]2C[C@@]2(COc2cnc(C)nc2C)c2ccccc2)ncn1. The highest BCUT2D eigenvalue weighted by Crippen LogP contribution is 2.55. The number of aryl methyl sites for hydroxylation is 2. The molecule has 2 atom stereocenters. The van der Waals surface area contributed by atoms with E-state index in [1.807, 2.05) is 44.2 Å². The maximum atomic E-state index is 13.0. The summed E-state index contributed by atoms with van der Waals surface area (Å²) >= 11 is 0. The van der Waals surface area contributed by atoms with Crippen molar-refractivity contribution in [3.8, 4) is 11.6 Å². The zero-order valence-electron chi connectivity index (χ0n) is 17.1. The molecular formula is C22H23N5O3. The Morgan fingerprint density at radius 2 is 2.00 bits per heavy atom. The zero-order chi connectivity index (χ0) is 21.1. The number of carbonyl (C=O) groups excluding carboxylic acids is 1. The molecular weight excluding hydrogens is 382 g/mol. The van der Waals surface area contributed by atoms with Crippen LogP contribution in [0.2, 0.25) is 0 Å². The van der Waals surface area contributed by atoms with E-state index in [0.717, 1.165) is 11.3 Å². The van der Waals surface area contributed by atoms with Gasteiger partial charge in [-0.1, -0.05) is 30.3 Å². The average molecular weight is 405 g/mol. The minimum atomic E-state index is -0.417. The number of nitrogens with one attached hydrogen (secondary N) is 1. The minimum Gasteiger partial charge on any atom is -0.489 e. The topological polar surface area (TPSA) is 99.1 Å². The predicted molar refractivity (Wildman–Crippen MR) is 110 cm³/mol. The van der Waals surface area contributed by atoms with Crippen LogP contribution in [0.5, 0.6) is 11.6 Å². The van der Waals surface area contributed by atoms with Crippen molar-refractivity contribution in [1.29, 1.82) is 0 Å². The van der Waals surface area contributed by atoms with Crippen LogP contribution in [0.15, 0.2) is 48.9 Å². The van der Waals surface area contributed by atoms with Crippen LogP contribution in [-0.2, 0) is 10.2 Å². The number of hydrogen-bond donors (Lipinski definition) is 1. The molecule has 1 fully saturated rings. The van der Waals surface area contributed by atoms with E-state index in [-0.39, 0.29) is 11.8 Å². The molecule has 0 bridgehead atoms. The summed E-state index contributed by atoms with van der Waals surface area (Å²) in [5, 5.41) is 2.87. The fraction of sp³-hybridized carbons (Fsp3) is 0.318. The molecule has 1 N–H and O–H groups in total. The van der Waals surface area contributed by atoms with Crippen molar-refractivity contribution in [3.05, 3.63) is 66.0 Å². The number of nitrogens with zero attached hydrogens (tertiary/aromatic N) is 4. The third-order valence-corrected chi connectivity index (χ3v) is 5.38.